The molecule has 0 aromatic carbocycles. The van der Waals surface area contributed by atoms with E-state index in [1.165, 1.54) is 0 Å². The molecule has 2 amide bonds. The van der Waals surface area contributed by atoms with Gasteiger partial charge < -0.3 is 15.5 Å². The van der Waals surface area contributed by atoms with Gasteiger partial charge >= 0.3 is 0 Å². The molecule has 6 heteroatoms. The van der Waals surface area contributed by atoms with Crippen molar-refractivity contribution in [3.05, 3.63) is 23.9 Å². The van der Waals surface area contributed by atoms with Crippen molar-refractivity contribution in [2.75, 3.05) is 18.4 Å². The number of pyridine rings is 1. The Morgan fingerprint density at radius 3 is 2.88 bits per heavy atom. The highest BCUT2D eigenvalue weighted by Gasteiger charge is 2.60. The summed E-state index contributed by atoms with van der Waals surface area (Å²) >= 11 is 0. The highest BCUT2D eigenvalue weighted by Crippen LogP contribution is 2.58. The van der Waals surface area contributed by atoms with Gasteiger partial charge in [0.1, 0.15) is 11.5 Å². The van der Waals surface area contributed by atoms with Gasteiger partial charge in [-0.3, -0.25) is 9.59 Å². The fraction of sp³-hybridized carbons (Fsp3) is 0.650. The van der Waals surface area contributed by atoms with Crippen molar-refractivity contribution in [1.82, 2.24) is 15.2 Å². The number of fused-ring (bicyclic) bond motifs is 3. The van der Waals surface area contributed by atoms with Gasteiger partial charge in [-0.15, -0.1) is 0 Å². The zero-order valence-electron chi connectivity index (χ0n) is 15.3. The molecule has 1 spiro atoms. The maximum atomic E-state index is 13.1. The second-order valence-corrected chi connectivity index (χ2v) is 8.84. The summed E-state index contributed by atoms with van der Waals surface area (Å²) in [5.41, 5.74) is 0.0585. The predicted molar refractivity (Wildman–Crippen MR) is 97.4 cm³/mol. The lowest BCUT2D eigenvalue weighted by Crippen LogP contribution is -2.70. The molecule has 1 aromatic rings. The Labute approximate surface area is 153 Å². The van der Waals surface area contributed by atoms with Gasteiger partial charge in [0.05, 0.1) is 5.56 Å². The van der Waals surface area contributed by atoms with E-state index in [-0.39, 0.29) is 23.2 Å². The Balaban J connectivity index is 1.45. The molecule has 4 atom stereocenters. The summed E-state index contributed by atoms with van der Waals surface area (Å²) < 4.78 is 0. The molecule has 3 saturated carbocycles. The molecule has 5 aliphatic rings. The fourth-order valence-corrected chi connectivity index (χ4v) is 5.86. The van der Waals surface area contributed by atoms with Crippen molar-refractivity contribution in [2.24, 2.45) is 17.3 Å². The van der Waals surface area contributed by atoms with E-state index in [1.807, 2.05) is 0 Å². The zero-order chi connectivity index (χ0) is 17.9. The van der Waals surface area contributed by atoms with Crippen LogP contribution in [0.5, 0.6) is 0 Å². The number of rotatable bonds is 1. The third kappa shape index (κ3) is 2.20. The van der Waals surface area contributed by atoms with Gasteiger partial charge in [-0.05, 0) is 56.1 Å². The van der Waals surface area contributed by atoms with E-state index in [0.29, 0.717) is 17.3 Å². The van der Waals surface area contributed by atoms with Gasteiger partial charge in [0.25, 0.3) is 5.91 Å². The lowest BCUT2D eigenvalue weighted by atomic mass is 9.51. The Bertz CT molecular complexity index is 775. The molecule has 2 bridgehead atoms. The van der Waals surface area contributed by atoms with E-state index in [2.05, 4.69) is 27.4 Å². The van der Waals surface area contributed by atoms with Crippen LogP contribution in [0, 0.1) is 17.3 Å². The van der Waals surface area contributed by atoms with Crippen LogP contribution in [0.2, 0.25) is 0 Å². The third-order valence-corrected chi connectivity index (χ3v) is 7.25. The van der Waals surface area contributed by atoms with Crippen LogP contribution in [0.15, 0.2) is 18.3 Å². The molecular formula is C20H26N4O2. The Morgan fingerprint density at radius 1 is 1.31 bits per heavy atom. The third-order valence-electron chi connectivity index (χ3n) is 7.25. The molecule has 2 aliphatic heterocycles. The fourth-order valence-electron chi connectivity index (χ4n) is 5.86. The summed E-state index contributed by atoms with van der Waals surface area (Å²) in [6.07, 6.45) is 7.70. The minimum Gasteiger partial charge on any atom is -0.347 e. The van der Waals surface area contributed by atoms with Gasteiger partial charge in [0.2, 0.25) is 5.91 Å². The van der Waals surface area contributed by atoms with E-state index in [9.17, 15) is 9.59 Å². The number of nitrogens with one attached hydrogen (secondary N) is 2. The van der Waals surface area contributed by atoms with Gasteiger partial charge in [-0.25, -0.2) is 4.98 Å². The van der Waals surface area contributed by atoms with Crippen LogP contribution in [0.4, 0.5) is 5.82 Å². The predicted octanol–water partition coefficient (Wildman–Crippen LogP) is 2.38. The average molecular weight is 354 g/mol. The average Bonchev–Trinajstić information content (AvgIpc) is 3.15. The van der Waals surface area contributed by atoms with Crippen LogP contribution in [0.25, 0.3) is 0 Å². The van der Waals surface area contributed by atoms with Crippen molar-refractivity contribution in [3.63, 3.8) is 0 Å². The summed E-state index contributed by atoms with van der Waals surface area (Å²) in [5.74, 6) is 1.30. The van der Waals surface area contributed by atoms with Crippen LogP contribution >= 0.6 is 0 Å². The Hall–Kier alpha value is -2.11. The summed E-state index contributed by atoms with van der Waals surface area (Å²) in [4.78, 5) is 32.3. The summed E-state index contributed by atoms with van der Waals surface area (Å²) in [6, 6.07) is 3.59. The molecule has 2 N–H and O–H groups in total. The first kappa shape index (κ1) is 16.1. The Kier molecular flexibility index (Phi) is 3.37. The smallest absolute Gasteiger partial charge is 0.256 e. The van der Waals surface area contributed by atoms with Crippen molar-refractivity contribution in [2.45, 2.75) is 51.1 Å². The first-order valence-electron chi connectivity index (χ1n) is 9.85. The van der Waals surface area contributed by atoms with Gasteiger partial charge in [-0.2, -0.15) is 0 Å². The van der Waals surface area contributed by atoms with E-state index in [1.54, 1.807) is 18.3 Å². The minimum atomic E-state index is -0.465. The second kappa shape index (κ2) is 5.44. The SMILES string of the molecule is C[C@@]12CC[C@@H](C[C@@H]1C(=O)N1CCCC1)[C@@]1(C2)NC(=O)c2cccnc2N1. The van der Waals surface area contributed by atoms with E-state index >= 15 is 0 Å². The topological polar surface area (TPSA) is 74.3 Å². The Morgan fingerprint density at radius 2 is 2.12 bits per heavy atom. The van der Waals surface area contributed by atoms with Crippen molar-refractivity contribution < 1.29 is 9.59 Å². The monoisotopic (exact) mass is 354 g/mol. The number of amides is 2. The van der Waals surface area contributed by atoms with Crippen LogP contribution in [-0.4, -0.2) is 40.5 Å². The van der Waals surface area contributed by atoms with E-state index in [4.69, 9.17) is 0 Å². The quantitative estimate of drug-likeness (QED) is 0.812. The number of likely N-dealkylation sites (tertiary alicyclic amines) is 1. The lowest BCUT2D eigenvalue weighted by molar-refractivity contribution is -0.149. The maximum absolute atomic E-state index is 13.1. The second-order valence-electron chi connectivity index (χ2n) is 8.84. The first-order valence-corrected chi connectivity index (χ1v) is 9.85. The number of anilines is 1. The molecule has 3 heterocycles. The zero-order valence-corrected chi connectivity index (χ0v) is 15.3. The number of nitrogens with zero attached hydrogens (tertiary/aromatic N) is 2. The highest BCUT2D eigenvalue weighted by atomic mass is 16.2. The number of carbonyl (C=O) groups is 2. The van der Waals surface area contributed by atoms with E-state index < -0.39 is 5.66 Å². The molecular weight excluding hydrogens is 328 g/mol. The van der Waals surface area contributed by atoms with Crippen LogP contribution in [0.1, 0.15) is 55.8 Å². The molecule has 138 valence electrons. The number of hydrogen-bond donors (Lipinski definition) is 2. The van der Waals surface area contributed by atoms with Crippen LogP contribution < -0.4 is 10.6 Å². The van der Waals surface area contributed by atoms with Gasteiger partial charge in [-0.1, -0.05) is 6.92 Å². The first-order chi connectivity index (χ1) is 12.5. The molecule has 4 fully saturated rings. The lowest BCUT2D eigenvalue weighted by Gasteiger charge is -2.60. The van der Waals surface area contributed by atoms with Crippen molar-refractivity contribution in [3.8, 4) is 0 Å². The largest absolute Gasteiger partial charge is 0.347 e. The molecule has 1 aromatic heterocycles. The summed E-state index contributed by atoms with van der Waals surface area (Å²) in [6.45, 7) is 4.06. The van der Waals surface area contributed by atoms with Crippen LogP contribution in [0.3, 0.4) is 0 Å². The normalized spacial score (nSPS) is 38.0. The molecule has 6 rings (SSSR count). The van der Waals surface area contributed by atoms with Gasteiger partial charge in [0.15, 0.2) is 0 Å². The summed E-state index contributed by atoms with van der Waals surface area (Å²) in [7, 11) is 0. The minimum absolute atomic E-state index is 0.0505. The standard InChI is InChI=1S/C20H26N4O2/c1-19-7-6-13(11-15(19)18(26)24-9-2-3-10-24)20(12-19)22-16-14(17(25)23-20)5-4-8-21-16/h4-5,8,13,15H,2-3,6-7,9-12H2,1H3,(H,21,22)(H,23,25)/t13-,15+,19-,20+/m0/s1. The van der Waals surface area contributed by atoms with Crippen LogP contribution in [-0.2, 0) is 4.79 Å². The number of aromatic nitrogens is 1. The molecule has 3 aliphatic carbocycles. The molecule has 6 nitrogen and oxygen atoms in total. The molecule has 26 heavy (non-hydrogen) atoms. The summed E-state index contributed by atoms with van der Waals surface area (Å²) in [5, 5.41) is 6.82. The van der Waals surface area contributed by atoms with Crippen molar-refractivity contribution >= 4 is 17.6 Å². The highest BCUT2D eigenvalue weighted by molar-refractivity contribution is 6.01. The molecule has 0 radical (unpaired) electrons. The number of carbonyl (C=O) groups excluding carboxylic acids is 2. The number of hydrogen-bond acceptors (Lipinski definition) is 4. The maximum Gasteiger partial charge on any atom is 0.256 e. The molecule has 0 unspecified atom stereocenters. The van der Waals surface area contributed by atoms with Gasteiger partial charge in [0, 0.05) is 31.1 Å². The molecule has 1 saturated heterocycles. The van der Waals surface area contributed by atoms with Crippen molar-refractivity contribution in [1.29, 1.82) is 0 Å². The van der Waals surface area contributed by atoms with E-state index in [0.717, 1.165) is 51.6 Å².